The fourth-order valence-corrected chi connectivity index (χ4v) is 1.19. The molecule has 0 unspecified atom stereocenters. The molecule has 0 aliphatic rings. The molecule has 0 rings (SSSR count). The van der Waals surface area contributed by atoms with Crippen LogP contribution in [0.3, 0.4) is 0 Å². The maximum atomic E-state index is 11.3. The van der Waals surface area contributed by atoms with Crippen molar-refractivity contribution in [2.75, 3.05) is 6.61 Å². The van der Waals surface area contributed by atoms with E-state index in [0.717, 1.165) is 18.4 Å². The highest BCUT2D eigenvalue weighted by molar-refractivity contribution is 5.98. The molecule has 0 saturated heterocycles. The van der Waals surface area contributed by atoms with Crippen LogP contribution < -0.4 is 5.32 Å². The predicted octanol–water partition coefficient (Wildman–Crippen LogP) is 2.95. The van der Waals surface area contributed by atoms with Crippen molar-refractivity contribution < 1.29 is 14.3 Å². The molecule has 0 bridgehead atoms. The van der Waals surface area contributed by atoms with Gasteiger partial charge in [-0.15, -0.1) is 0 Å². The number of rotatable bonds is 5. The first kappa shape index (κ1) is 15.4. The number of hydrogen-bond donors (Lipinski definition) is 1. The van der Waals surface area contributed by atoms with E-state index < -0.39 is 12.0 Å². The Morgan fingerprint density at radius 3 is 2.41 bits per heavy atom. The van der Waals surface area contributed by atoms with Crippen molar-refractivity contribution in [3.8, 4) is 0 Å². The van der Waals surface area contributed by atoms with Crippen LogP contribution in [0.25, 0.3) is 0 Å². The Bertz CT molecular complexity index is 326. The Balaban J connectivity index is 4.06. The van der Waals surface area contributed by atoms with Crippen molar-refractivity contribution >= 4 is 12.0 Å². The zero-order valence-electron chi connectivity index (χ0n) is 11.0. The summed E-state index contributed by atoms with van der Waals surface area (Å²) in [5.41, 5.74) is 2.19. The van der Waals surface area contributed by atoms with Crippen LogP contribution >= 0.6 is 0 Å². The number of ether oxygens (including phenoxy) is 1. The fraction of sp³-hybridized carbons (Fsp3) is 0.538. The van der Waals surface area contributed by atoms with Crippen molar-refractivity contribution in [3.63, 3.8) is 0 Å². The van der Waals surface area contributed by atoms with Gasteiger partial charge in [-0.3, -0.25) is 10.1 Å². The van der Waals surface area contributed by atoms with Gasteiger partial charge >= 0.3 is 6.09 Å². The minimum absolute atomic E-state index is 0.252. The van der Waals surface area contributed by atoms with Crippen LogP contribution in [0.15, 0.2) is 23.3 Å². The topological polar surface area (TPSA) is 55.4 Å². The molecule has 0 fully saturated rings. The van der Waals surface area contributed by atoms with Gasteiger partial charge in [0.2, 0.25) is 0 Å². The van der Waals surface area contributed by atoms with E-state index >= 15 is 0 Å². The van der Waals surface area contributed by atoms with Crippen LogP contribution in [0.2, 0.25) is 0 Å². The van der Waals surface area contributed by atoms with Crippen molar-refractivity contribution in [1.29, 1.82) is 0 Å². The van der Waals surface area contributed by atoms with Crippen molar-refractivity contribution in [2.24, 2.45) is 0 Å². The number of allylic oxidation sites excluding steroid dienone is 3. The van der Waals surface area contributed by atoms with E-state index in [-0.39, 0.29) is 6.61 Å². The lowest BCUT2D eigenvalue weighted by molar-refractivity contribution is -0.115. The van der Waals surface area contributed by atoms with Crippen LogP contribution in [-0.2, 0) is 9.53 Å². The zero-order chi connectivity index (χ0) is 13.3. The Hall–Kier alpha value is -1.58. The smallest absolute Gasteiger partial charge is 0.414 e. The summed E-state index contributed by atoms with van der Waals surface area (Å²) in [6.45, 7) is 7.87. The fourth-order valence-electron chi connectivity index (χ4n) is 1.19. The molecule has 4 nitrogen and oxygen atoms in total. The van der Waals surface area contributed by atoms with Gasteiger partial charge in [0.25, 0.3) is 5.91 Å². The summed E-state index contributed by atoms with van der Waals surface area (Å²) >= 11 is 0. The molecule has 1 N–H and O–H groups in total. The van der Waals surface area contributed by atoms with E-state index in [0.29, 0.717) is 0 Å². The standard InChI is InChI=1S/C13H21NO3/c1-5-17-13(16)14-12(15)9-11(4)8-6-7-10(2)3/h7,9H,5-6,8H2,1-4H3,(H,14,15,16)/b11-9+. The van der Waals surface area contributed by atoms with Crippen molar-refractivity contribution in [2.45, 2.75) is 40.5 Å². The lowest BCUT2D eigenvalue weighted by Crippen LogP contribution is -2.29. The second kappa shape index (κ2) is 8.56. The molecule has 0 aromatic heterocycles. The minimum Gasteiger partial charge on any atom is -0.450 e. The first-order valence-electron chi connectivity index (χ1n) is 5.74. The largest absolute Gasteiger partial charge is 0.450 e. The van der Waals surface area contributed by atoms with Gasteiger partial charge in [0.15, 0.2) is 0 Å². The first-order chi connectivity index (χ1) is 7.95. The third kappa shape index (κ3) is 9.35. The second-order valence-electron chi connectivity index (χ2n) is 4.02. The van der Waals surface area contributed by atoms with Gasteiger partial charge in [-0.25, -0.2) is 4.79 Å². The summed E-state index contributed by atoms with van der Waals surface area (Å²) in [7, 11) is 0. The van der Waals surface area contributed by atoms with Gasteiger partial charge in [-0.1, -0.05) is 17.2 Å². The average Bonchev–Trinajstić information content (AvgIpc) is 2.16. The predicted molar refractivity (Wildman–Crippen MR) is 67.6 cm³/mol. The summed E-state index contributed by atoms with van der Waals surface area (Å²) in [4.78, 5) is 22.3. The number of carbonyl (C=O) groups is 2. The summed E-state index contributed by atoms with van der Waals surface area (Å²) < 4.78 is 4.60. The monoisotopic (exact) mass is 239 g/mol. The summed E-state index contributed by atoms with van der Waals surface area (Å²) in [6.07, 6.45) is 4.54. The van der Waals surface area contributed by atoms with Gasteiger partial charge < -0.3 is 4.74 Å². The Labute approximate surface area is 103 Å². The van der Waals surface area contributed by atoms with Crippen LogP contribution in [0.5, 0.6) is 0 Å². The molecule has 4 heteroatoms. The summed E-state index contributed by atoms with van der Waals surface area (Å²) in [5, 5.41) is 2.12. The molecular weight excluding hydrogens is 218 g/mol. The lowest BCUT2D eigenvalue weighted by atomic mass is 10.1. The molecule has 0 radical (unpaired) electrons. The highest BCUT2D eigenvalue weighted by atomic mass is 16.5. The first-order valence-corrected chi connectivity index (χ1v) is 5.74. The third-order valence-corrected chi connectivity index (χ3v) is 1.97. The molecule has 0 atom stereocenters. The maximum Gasteiger partial charge on any atom is 0.414 e. The molecule has 96 valence electrons. The molecule has 0 heterocycles. The number of imide groups is 1. The van der Waals surface area contributed by atoms with Crippen LogP contribution in [0.1, 0.15) is 40.5 Å². The normalized spacial score (nSPS) is 10.7. The van der Waals surface area contributed by atoms with Gasteiger partial charge in [-0.2, -0.15) is 0 Å². The van der Waals surface area contributed by atoms with Crippen LogP contribution in [0.4, 0.5) is 4.79 Å². The third-order valence-electron chi connectivity index (χ3n) is 1.97. The molecule has 2 amide bonds. The van der Waals surface area contributed by atoms with E-state index in [2.05, 4.69) is 16.1 Å². The van der Waals surface area contributed by atoms with E-state index in [9.17, 15) is 9.59 Å². The minimum atomic E-state index is -0.703. The van der Waals surface area contributed by atoms with Crippen molar-refractivity contribution in [3.05, 3.63) is 23.3 Å². The van der Waals surface area contributed by atoms with Gasteiger partial charge in [-0.05, 0) is 40.5 Å². The number of hydrogen-bond acceptors (Lipinski definition) is 3. The molecule has 0 aromatic carbocycles. The molecule has 17 heavy (non-hydrogen) atoms. The summed E-state index contributed by atoms with van der Waals surface area (Å²) in [6, 6.07) is 0. The SMILES string of the molecule is CCOC(=O)NC(=O)/C=C(\C)CCC=C(C)C. The highest BCUT2D eigenvalue weighted by Crippen LogP contribution is 2.06. The second-order valence-corrected chi connectivity index (χ2v) is 4.02. The average molecular weight is 239 g/mol. The number of alkyl carbamates (subject to hydrolysis) is 1. The zero-order valence-corrected chi connectivity index (χ0v) is 11.0. The molecule has 0 aromatic rings. The van der Waals surface area contributed by atoms with Gasteiger partial charge in [0.1, 0.15) is 0 Å². The van der Waals surface area contributed by atoms with E-state index in [1.54, 1.807) is 6.92 Å². The molecule has 0 saturated carbocycles. The molecule has 0 aliphatic heterocycles. The Morgan fingerprint density at radius 2 is 1.88 bits per heavy atom. The molecular formula is C13H21NO3. The Morgan fingerprint density at radius 1 is 1.24 bits per heavy atom. The van der Waals surface area contributed by atoms with Crippen LogP contribution in [-0.4, -0.2) is 18.6 Å². The van der Waals surface area contributed by atoms with E-state index in [1.807, 2.05) is 20.8 Å². The molecule has 0 spiro atoms. The Kier molecular flexibility index (Phi) is 7.76. The number of carbonyl (C=O) groups excluding carboxylic acids is 2. The highest BCUT2D eigenvalue weighted by Gasteiger charge is 2.05. The van der Waals surface area contributed by atoms with Gasteiger partial charge in [0, 0.05) is 6.08 Å². The quantitative estimate of drug-likeness (QED) is 0.592. The van der Waals surface area contributed by atoms with E-state index in [4.69, 9.17) is 0 Å². The molecule has 0 aliphatic carbocycles. The number of nitrogens with one attached hydrogen (secondary N) is 1. The van der Waals surface area contributed by atoms with E-state index in [1.165, 1.54) is 11.6 Å². The summed E-state index contributed by atoms with van der Waals surface area (Å²) in [5.74, 6) is -0.432. The number of amides is 2. The van der Waals surface area contributed by atoms with Crippen LogP contribution in [0, 0.1) is 0 Å². The maximum absolute atomic E-state index is 11.3. The van der Waals surface area contributed by atoms with Crippen molar-refractivity contribution in [1.82, 2.24) is 5.32 Å². The van der Waals surface area contributed by atoms with Gasteiger partial charge in [0.05, 0.1) is 6.61 Å². The lowest BCUT2D eigenvalue weighted by Gasteiger charge is -2.02.